The van der Waals surface area contributed by atoms with Crippen molar-refractivity contribution in [3.63, 3.8) is 0 Å². The summed E-state index contributed by atoms with van der Waals surface area (Å²) in [5.41, 5.74) is 2.37. The molecule has 0 aliphatic carbocycles. The zero-order chi connectivity index (χ0) is 9.10. The lowest BCUT2D eigenvalue weighted by Crippen LogP contribution is -2.03. The molecule has 0 aromatic heterocycles. The van der Waals surface area contributed by atoms with E-state index in [0.717, 1.165) is 18.6 Å². The van der Waals surface area contributed by atoms with Gasteiger partial charge in [-0.3, -0.25) is 0 Å². The van der Waals surface area contributed by atoms with Crippen LogP contribution in [0.4, 0.5) is 0 Å². The zero-order valence-corrected chi connectivity index (χ0v) is 7.36. The van der Waals surface area contributed by atoms with Gasteiger partial charge in [-0.1, -0.05) is 18.2 Å². The van der Waals surface area contributed by atoms with E-state index in [2.05, 4.69) is 6.08 Å². The third kappa shape index (κ3) is 1.90. The Kier molecular flexibility index (Phi) is 2.32. The fraction of sp³-hybridized carbons (Fsp3) is 0.273. The molecule has 0 fully saturated rings. The molecule has 0 bridgehead atoms. The van der Waals surface area contributed by atoms with Gasteiger partial charge in [0.2, 0.25) is 0 Å². The van der Waals surface area contributed by atoms with E-state index < -0.39 is 0 Å². The van der Waals surface area contributed by atoms with E-state index in [9.17, 15) is 5.11 Å². The molecule has 0 saturated heterocycles. The lowest BCUT2D eigenvalue weighted by Gasteiger charge is -2.13. The molecule has 2 heteroatoms. The summed E-state index contributed by atoms with van der Waals surface area (Å²) in [5, 5.41) is 9.29. The van der Waals surface area contributed by atoms with Gasteiger partial charge in [0.05, 0.1) is 13.2 Å². The summed E-state index contributed by atoms with van der Waals surface area (Å²) in [5.74, 6) is 0.324. The Hall–Kier alpha value is -1.28. The molecular formula is C11H12O2. The maximum Gasteiger partial charge on any atom is 0.116 e. The number of rotatable bonds is 1. The van der Waals surface area contributed by atoms with E-state index in [1.54, 1.807) is 12.1 Å². The maximum atomic E-state index is 9.29. The molecule has 1 aliphatic heterocycles. The smallest absolute Gasteiger partial charge is 0.116 e. The molecule has 0 unspecified atom stereocenters. The number of ether oxygens (including phenoxy) is 1. The van der Waals surface area contributed by atoms with E-state index in [-0.39, 0.29) is 0 Å². The third-order valence-electron chi connectivity index (χ3n) is 2.18. The van der Waals surface area contributed by atoms with Gasteiger partial charge >= 0.3 is 0 Å². The fourth-order valence-corrected chi connectivity index (χ4v) is 1.49. The number of hydrogen-bond acceptors (Lipinski definition) is 2. The summed E-state index contributed by atoms with van der Waals surface area (Å²) >= 11 is 0. The van der Waals surface area contributed by atoms with Gasteiger partial charge in [0.15, 0.2) is 0 Å². The Balaban J connectivity index is 2.29. The van der Waals surface area contributed by atoms with Gasteiger partial charge in [0.25, 0.3) is 0 Å². The molecule has 1 heterocycles. The Morgan fingerprint density at radius 2 is 2.23 bits per heavy atom. The average Bonchev–Trinajstić information content (AvgIpc) is 2.19. The molecule has 13 heavy (non-hydrogen) atoms. The van der Waals surface area contributed by atoms with Gasteiger partial charge in [-0.15, -0.1) is 0 Å². The first-order valence-electron chi connectivity index (χ1n) is 4.42. The predicted octanol–water partition coefficient (Wildman–Crippen LogP) is 2.20. The van der Waals surface area contributed by atoms with Gasteiger partial charge in [-0.2, -0.15) is 0 Å². The quantitative estimate of drug-likeness (QED) is 0.710. The molecule has 1 N–H and O–H groups in total. The summed E-state index contributed by atoms with van der Waals surface area (Å²) in [6, 6.07) is 7.35. The van der Waals surface area contributed by atoms with Crippen molar-refractivity contribution in [3.05, 3.63) is 35.9 Å². The van der Waals surface area contributed by atoms with Crippen LogP contribution in [0.3, 0.4) is 0 Å². The van der Waals surface area contributed by atoms with Crippen LogP contribution in [0.2, 0.25) is 0 Å². The van der Waals surface area contributed by atoms with Crippen LogP contribution in [0.1, 0.15) is 12.0 Å². The largest absolute Gasteiger partial charge is 0.508 e. The van der Waals surface area contributed by atoms with Crippen LogP contribution in [0, 0.1) is 0 Å². The molecule has 1 aromatic carbocycles. The molecule has 0 saturated carbocycles. The van der Waals surface area contributed by atoms with E-state index in [4.69, 9.17) is 4.74 Å². The first-order valence-corrected chi connectivity index (χ1v) is 4.42. The van der Waals surface area contributed by atoms with Crippen LogP contribution in [0.15, 0.2) is 30.3 Å². The molecule has 1 aliphatic rings. The van der Waals surface area contributed by atoms with Gasteiger partial charge < -0.3 is 9.84 Å². The molecule has 0 atom stereocenters. The topological polar surface area (TPSA) is 29.5 Å². The van der Waals surface area contributed by atoms with Crippen LogP contribution in [0.25, 0.3) is 5.57 Å². The highest BCUT2D eigenvalue weighted by atomic mass is 16.5. The van der Waals surface area contributed by atoms with Crippen molar-refractivity contribution in [2.45, 2.75) is 6.42 Å². The van der Waals surface area contributed by atoms with Crippen molar-refractivity contribution in [1.29, 1.82) is 0 Å². The van der Waals surface area contributed by atoms with Gasteiger partial charge in [-0.25, -0.2) is 0 Å². The van der Waals surface area contributed by atoms with Crippen LogP contribution < -0.4 is 0 Å². The van der Waals surface area contributed by atoms with Crippen molar-refractivity contribution in [1.82, 2.24) is 0 Å². The van der Waals surface area contributed by atoms with Crippen LogP contribution in [-0.2, 0) is 4.74 Å². The molecule has 0 amide bonds. The number of benzene rings is 1. The SMILES string of the molecule is Oc1cccc(C2=CCOCC2)c1. The summed E-state index contributed by atoms with van der Waals surface area (Å²) < 4.78 is 5.21. The molecule has 1 aromatic rings. The van der Waals surface area contributed by atoms with Crippen molar-refractivity contribution in [2.24, 2.45) is 0 Å². The number of hydrogen-bond donors (Lipinski definition) is 1. The molecular weight excluding hydrogens is 164 g/mol. The minimum atomic E-state index is 0.324. The molecule has 0 spiro atoms. The average molecular weight is 176 g/mol. The highest BCUT2D eigenvalue weighted by Crippen LogP contribution is 2.23. The number of phenols is 1. The summed E-state index contributed by atoms with van der Waals surface area (Å²) in [6.45, 7) is 1.46. The Morgan fingerprint density at radius 1 is 1.31 bits per heavy atom. The first kappa shape index (κ1) is 8.32. The molecule has 2 rings (SSSR count). The van der Waals surface area contributed by atoms with Crippen molar-refractivity contribution in [2.75, 3.05) is 13.2 Å². The van der Waals surface area contributed by atoms with Crippen LogP contribution in [0.5, 0.6) is 5.75 Å². The van der Waals surface area contributed by atoms with Crippen LogP contribution in [-0.4, -0.2) is 18.3 Å². The molecule has 2 nitrogen and oxygen atoms in total. The Labute approximate surface area is 77.5 Å². The summed E-state index contributed by atoms with van der Waals surface area (Å²) in [4.78, 5) is 0. The zero-order valence-electron chi connectivity index (χ0n) is 7.36. The van der Waals surface area contributed by atoms with Crippen molar-refractivity contribution >= 4 is 5.57 Å². The molecule has 0 radical (unpaired) electrons. The highest BCUT2D eigenvalue weighted by molar-refractivity contribution is 5.67. The fourth-order valence-electron chi connectivity index (χ4n) is 1.49. The highest BCUT2D eigenvalue weighted by Gasteiger charge is 2.05. The van der Waals surface area contributed by atoms with Gasteiger partial charge in [0, 0.05) is 0 Å². The maximum absolute atomic E-state index is 9.29. The normalized spacial score (nSPS) is 16.8. The second kappa shape index (κ2) is 3.62. The van der Waals surface area contributed by atoms with Crippen molar-refractivity contribution < 1.29 is 9.84 Å². The monoisotopic (exact) mass is 176 g/mol. The Bertz CT molecular complexity index is 329. The van der Waals surface area contributed by atoms with E-state index in [0.29, 0.717) is 12.4 Å². The molecule has 68 valence electrons. The van der Waals surface area contributed by atoms with Gasteiger partial charge in [-0.05, 0) is 29.7 Å². The summed E-state index contributed by atoms with van der Waals surface area (Å²) in [7, 11) is 0. The van der Waals surface area contributed by atoms with E-state index in [1.165, 1.54) is 5.57 Å². The lowest BCUT2D eigenvalue weighted by atomic mass is 10.0. The minimum absolute atomic E-state index is 0.324. The predicted molar refractivity (Wildman–Crippen MR) is 51.5 cm³/mol. The standard InChI is InChI=1S/C11H12O2/c12-11-3-1-2-10(8-11)9-4-6-13-7-5-9/h1-4,8,12H,5-7H2. The lowest BCUT2D eigenvalue weighted by molar-refractivity contribution is 0.161. The second-order valence-corrected chi connectivity index (χ2v) is 3.10. The summed E-state index contributed by atoms with van der Waals surface area (Å²) in [6.07, 6.45) is 3.00. The van der Waals surface area contributed by atoms with Gasteiger partial charge in [0.1, 0.15) is 5.75 Å². The second-order valence-electron chi connectivity index (χ2n) is 3.10. The van der Waals surface area contributed by atoms with E-state index >= 15 is 0 Å². The van der Waals surface area contributed by atoms with Crippen molar-refractivity contribution in [3.8, 4) is 5.75 Å². The number of phenolic OH excluding ortho intramolecular Hbond substituents is 1. The van der Waals surface area contributed by atoms with Crippen LogP contribution >= 0.6 is 0 Å². The first-order chi connectivity index (χ1) is 6.36. The van der Waals surface area contributed by atoms with E-state index in [1.807, 2.05) is 12.1 Å². The number of aromatic hydroxyl groups is 1. The Morgan fingerprint density at radius 3 is 2.92 bits per heavy atom. The third-order valence-corrected chi connectivity index (χ3v) is 2.18. The minimum Gasteiger partial charge on any atom is -0.508 e.